The van der Waals surface area contributed by atoms with Gasteiger partial charge in [-0.2, -0.15) is 0 Å². The van der Waals surface area contributed by atoms with Crippen LogP contribution in [0.15, 0.2) is 32.2 Å². The van der Waals surface area contributed by atoms with Crippen molar-refractivity contribution in [2.45, 2.75) is 0 Å². The molecule has 2 aliphatic rings. The molecule has 0 amide bonds. The van der Waals surface area contributed by atoms with Gasteiger partial charge in [-0.15, -0.1) is 0 Å². The highest BCUT2D eigenvalue weighted by Crippen LogP contribution is 2.26. The monoisotopic (exact) mass is 170 g/mol. The highest BCUT2D eigenvalue weighted by Gasteiger charge is 2.14. The van der Waals surface area contributed by atoms with Gasteiger partial charge in [0.2, 0.25) is 0 Å². The molecule has 0 radical (unpaired) electrons. The van der Waals surface area contributed by atoms with Crippen LogP contribution in [-0.4, -0.2) is 0 Å². The Labute approximate surface area is 66.5 Å². The lowest BCUT2D eigenvalue weighted by atomic mass is 10.2. The predicted molar refractivity (Wildman–Crippen MR) is 38.9 cm³/mol. The fraction of sp³-hybridized carbons (Fsp3) is 0. The average Bonchev–Trinajstić information content (AvgIpc) is 2.30. The molecule has 0 spiro atoms. The van der Waals surface area contributed by atoms with Crippen molar-refractivity contribution >= 4 is 11.6 Å². The van der Waals surface area contributed by atoms with Crippen LogP contribution in [0.5, 0.6) is 0 Å². The Balaban J connectivity index is 2.91. The zero-order chi connectivity index (χ0) is 7.84. The van der Waals surface area contributed by atoms with E-state index in [9.17, 15) is 4.79 Å². The van der Waals surface area contributed by atoms with Gasteiger partial charge in [0.15, 0.2) is 5.76 Å². The van der Waals surface area contributed by atoms with Crippen LogP contribution in [0.4, 0.5) is 0 Å². The molecule has 2 heterocycles. The van der Waals surface area contributed by atoms with Crippen molar-refractivity contribution in [1.29, 1.82) is 0 Å². The van der Waals surface area contributed by atoms with Gasteiger partial charge < -0.3 is 8.83 Å². The van der Waals surface area contributed by atoms with Crippen molar-refractivity contribution in [2.24, 2.45) is 0 Å². The molecule has 0 fully saturated rings. The van der Waals surface area contributed by atoms with Crippen molar-refractivity contribution in [3.8, 4) is 11.3 Å². The number of furan rings is 1. The molecule has 4 heteroatoms. The van der Waals surface area contributed by atoms with Crippen LogP contribution < -0.4 is 5.63 Å². The van der Waals surface area contributed by atoms with Gasteiger partial charge in [-0.3, -0.25) is 0 Å². The van der Waals surface area contributed by atoms with E-state index in [1.807, 2.05) is 0 Å². The molecular formula is C7H3ClO3. The first-order chi connectivity index (χ1) is 5.29. The van der Waals surface area contributed by atoms with Crippen molar-refractivity contribution < 1.29 is 8.83 Å². The zero-order valence-electron chi connectivity index (χ0n) is 5.33. The van der Waals surface area contributed by atoms with Gasteiger partial charge in [-0.05, 0) is 6.07 Å². The first kappa shape index (κ1) is 6.49. The first-order valence-electron chi connectivity index (χ1n) is 2.93. The minimum Gasteiger partial charge on any atom is -0.469 e. The van der Waals surface area contributed by atoms with Crippen LogP contribution in [-0.2, 0) is 0 Å². The molecule has 0 N–H and O–H groups in total. The summed E-state index contributed by atoms with van der Waals surface area (Å²) < 4.78 is 9.48. The van der Waals surface area contributed by atoms with Crippen molar-refractivity contribution in [3.63, 3.8) is 0 Å². The second-order valence-electron chi connectivity index (χ2n) is 2.04. The van der Waals surface area contributed by atoms with E-state index in [1.165, 1.54) is 12.5 Å². The fourth-order valence-corrected chi connectivity index (χ4v) is 1.06. The Kier molecular flexibility index (Phi) is 1.26. The van der Waals surface area contributed by atoms with Crippen LogP contribution in [0, 0.1) is 0 Å². The van der Waals surface area contributed by atoms with Crippen LogP contribution in [0.25, 0.3) is 11.3 Å². The van der Waals surface area contributed by atoms with Gasteiger partial charge in [-0.25, -0.2) is 4.79 Å². The predicted octanol–water partition coefficient (Wildman–Crippen LogP) is 1.99. The molecule has 0 aromatic carbocycles. The maximum atomic E-state index is 10.8. The lowest BCUT2D eigenvalue weighted by Crippen LogP contribution is -1.88. The molecule has 0 aromatic rings. The third-order valence-corrected chi connectivity index (χ3v) is 1.73. The van der Waals surface area contributed by atoms with Crippen molar-refractivity contribution in [1.82, 2.24) is 0 Å². The molecule has 2 rings (SSSR count). The van der Waals surface area contributed by atoms with Gasteiger partial charge in [-0.1, -0.05) is 11.6 Å². The maximum absolute atomic E-state index is 10.8. The quantitative estimate of drug-likeness (QED) is 0.607. The summed E-state index contributed by atoms with van der Waals surface area (Å²) in [5, 5.41) is 0.107. The summed E-state index contributed by atoms with van der Waals surface area (Å²) in [5.74, 6) is 0.377. The Morgan fingerprint density at radius 2 is 2.27 bits per heavy atom. The van der Waals surface area contributed by atoms with Crippen LogP contribution in [0.2, 0.25) is 5.02 Å². The van der Waals surface area contributed by atoms with Crippen molar-refractivity contribution in [3.05, 3.63) is 34.0 Å². The van der Waals surface area contributed by atoms with Gasteiger partial charge in [0.1, 0.15) is 11.3 Å². The molecule has 0 bridgehead atoms. The molecule has 0 atom stereocenters. The summed E-state index contributed by atoms with van der Waals surface area (Å²) in [6, 6.07) is 1.59. The number of hydrogen-bond donors (Lipinski definition) is 0. The second kappa shape index (κ2) is 2.13. The number of halogens is 1. The van der Waals surface area contributed by atoms with Gasteiger partial charge in [0.05, 0.1) is 6.26 Å². The number of rotatable bonds is 0. The lowest BCUT2D eigenvalue weighted by molar-refractivity contribution is 0.493. The van der Waals surface area contributed by atoms with E-state index in [1.54, 1.807) is 6.07 Å². The Morgan fingerprint density at radius 1 is 1.45 bits per heavy atom. The standard InChI is InChI=1S/C7H3ClO3/c8-6-4-1-2-10-3-5(4)11-7(6)9/h1-3H. The SMILES string of the molecule is O=c1oc2coccc-2c1Cl. The zero-order valence-corrected chi connectivity index (χ0v) is 6.09. The molecule has 0 saturated carbocycles. The summed E-state index contributed by atoms with van der Waals surface area (Å²) in [7, 11) is 0. The van der Waals surface area contributed by atoms with Crippen LogP contribution in [0.1, 0.15) is 0 Å². The van der Waals surface area contributed by atoms with E-state index < -0.39 is 5.63 Å². The summed E-state index contributed by atoms with van der Waals surface area (Å²) in [6.45, 7) is 0. The van der Waals surface area contributed by atoms with Crippen molar-refractivity contribution in [2.75, 3.05) is 0 Å². The minimum atomic E-state index is -0.525. The molecule has 2 aliphatic heterocycles. The smallest absolute Gasteiger partial charge is 0.356 e. The maximum Gasteiger partial charge on any atom is 0.356 e. The molecule has 56 valence electrons. The van der Waals surface area contributed by atoms with Crippen LogP contribution >= 0.6 is 11.6 Å². The first-order valence-corrected chi connectivity index (χ1v) is 3.31. The minimum absolute atomic E-state index is 0.107. The molecule has 0 unspecified atom stereocenters. The van der Waals surface area contributed by atoms with E-state index in [-0.39, 0.29) is 5.02 Å². The summed E-state index contributed by atoms with van der Waals surface area (Å²) in [6.07, 6.45) is 2.77. The molecular weight excluding hydrogens is 168 g/mol. The van der Waals surface area contributed by atoms with Gasteiger partial charge >= 0.3 is 5.63 Å². The topological polar surface area (TPSA) is 43.4 Å². The second-order valence-corrected chi connectivity index (χ2v) is 2.42. The highest BCUT2D eigenvalue weighted by atomic mass is 35.5. The van der Waals surface area contributed by atoms with Crippen LogP contribution in [0.3, 0.4) is 0 Å². The van der Waals surface area contributed by atoms with E-state index in [0.717, 1.165) is 0 Å². The summed E-state index contributed by atoms with van der Waals surface area (Å²) >= 11 is 5.59. The normalized spacial score (nSPS) is 10.6. The summed E-state index contributed by atoms with van der Waals surface area (Å²) in [5.41, 5.74) is 0.0611. The third-order valence-electron chi connectivity index (χ3n) is 1.37. The lowest BCUT2D eigenvalue weighted by Gasteiger charge is -1.90. The molecule has 0 saturated heterocycles. The van der Waals surface area contributed by atoms with E-state index in [4.69, 9.17) is 20.4 Å². The fourth-order valence-electron chi connectivity index (χ4n) is 0.869. The number of hydrogen-bond acceptors (Lipinski definition) is 3. The van der Waals surface area contributed by atoms with E-state index >= 15 is 0 Å². The molecule has 11 heavy (non-hydrogen) atoms. The van der Waals surface area contributed by atoms with E-state index in [2.05, 4.69) is 0 Å². The van der Waals surface area contributed by atoms with Gasteiger partial charge in [0.25, 0.3) is 0 Å². The largest absolute Gasteiger partial charge is 0.469 e. The molecule has 0 aromatic heterocycles. The molecule has 0 aliphatic carbocycles. The Hall–Kier alpha value is -1.22. The number of fused-ring (bicyclic) bond motifs is 1. The van der Waals surface area contributed by atoms with E-state index in [0.29, 0.717) is 11.3 Å². The summed E-state index contributed by atoms with van der Waals surface area (Å²) in [4.78, 5) is 10.8. The Bertz CT molecular complexity index is 401. The Morgan fingerprint density at radius 3 is 3.00 bits per heavy atom. The highest BCUT2D eigenvalue weighted by molar-refractivity contribution is 6.33. The molecule has 3 nitrogen and oxygen atoms in total. The van der Waals surface area contributed by atoms with Gasteiger partial charge in [0, 0.05) is 5.56 Å². The third kappa shape index (κ3) is 0.851. The average molecular weight is 171 g/mol.